The van der Waals surface area contributed by atoms with E-state index >= 15 is 0 Å². The third-order valence-corrected chi connectivity index (χ3v) is 7.06. The molecule has 0 bridgehead atoms. The minimum Gasteiger partial charge on any atom is -0.394 e. The summed E-state index contributed by atoms with van der Waals surface area (Å²) >= 11 is 0. The number of ether oxygens (including phenoxy) is 2. The summed E-state index contributed by atoms with van der Waals surface area (Å²) in [5, 5.41) is 20.1. The number of nitrogen functional groups attached to an aromatic ring is 2. The lowest BCUT2D eigenvalue weighted by Crippen LogP contribution is -2.29. The van der Waals surface area contributed by atoms with Gasteiger partial charge in [-0.1, -0.05) is 0 Å². The first kappa shape index (κ1) is 26.3. The molecule has 3 aromatic heterocycles. The molecule has 0 amide bonds. The lowest BCUT2D eigenvalue weighted by atomic mass is 10.2. The smallest absolute Gasteiger partial charge is 0.394 e. The average molecular weight is 557 g/mol. The zero-order valence-corrected chi connectivity index (χ0v) is 20.3. The normalized spacial score (nSPS) is 29.1. The molecule has 2 fully saturated rings. The minimum absolute atomic E-state index is 0.0218. The molecule has 0 aromatic carbocycles. The maximum atomic E-state index is 12.7. The van der Waals surface area contributed by atoms with Gasteiger partial charge in [-0.05, 0) is 0 Å². The number of hydrogen-bond acceptors (Lipinski definition) is 15. The fourth-order valence-electron chi connectivity index (χ4n) is 4.26. The Morgan fingerprint density at radius 3 is 2.55 bits per heavy atom. The van der Waals surface area contributed by atoms with E-state index in [0.29, 0.717) is 0 Å². The number of aromatic amines is 1. The number of H-pyrrole nitrogens is 1. The largest absolute Gasteiger partial charge is 0.472 e. The first-order valence-electron chi connectivity index (χ1n) is 11.2. The van der Waals surface area contributed by atoms with Gasteiger partial charge in [-0.15, -0.1) is 0 Å². The van der Waals surface area contributed by atoms with E-state index < -0.39 is 69.2 Å². The van der Waals surface area contributed by atoms with Gasteiger partial charge >= 0.3 is 13.5 Å². The zero-order valence-electron chi connectivity index (χ0n) is 19.4. The summed E-state index contributed by atoms with van der Waals surface area (Å²) in [4.78, 5) is 51.9. The third kappa shape index (κ3) is 5.18. The fourth-order valence-corrected chi connectivity index (χ4v) is 5.22. The highest BCUT2D eigenvalue weighted by atomic mass is 31.2. The molecule has 8 N–H and O–H groups in total. The van der Waals surface area contributed by atoms with Gasteiger partial charge in [-0.25, -0.2) is 19.3 Å². The number of fused-ring (bicyclic) bond motifs is 1. The van der Waals surface area contributed by atoms with Crippen molar-refractivity contribution in [2.45, 2.75) is 49.7 Å². The number of rotatable bonds is 8. The Morgan fingerprint density at radius 1 is 1.11 bits per heavy atom. The topological polar surface area (TPSA) is 278 Å². The maximum Gasteiger partial charge on any atom is 0.472 e. The van der Waals surface area contributed by atoms with Gasteiger partial charge in [0.25, 0.3) is 5.56 Å². The number of imidazole rings is 1. The molecule has 2 aliphatic heterocycles. The van der Waals surface area contributed by atoms with Crippen molar-refractivity contribution >= 4 is 30.9 Å². The van der Waals surface area contributed by atoms with Crippen LogP contribution in [0.3, 0.4) is 0 Å². The minimum atomic E-state index is -4.76. The predicted octanol–water partition coefficient (Wildman–Crippen LogP) is -2.63. The number of nitrogens with one attached hydrogen (secondary N) is 1. The second kappa shape index (κ2) is 10.1. The Balaban J connectivity index is 1.22. The van der Waals surface area contributed by atoms with Crippen LogP contribution in [0.25, 0.3) is 11.2 Å². The molecule has 19 nitrogen and oxygen atoms in total. The lowest BCUT2D eigenvalue weighted by molar-refractivity contribution is -0.0565. The number of aromatic nitrogens is 7. The molecule has 0 aliphatic carbocycles. The van der Waals surface area contributed by atoms with Crippen molar-refractivity contribution in [1.29, 1.82) is 0 Å². The molecule has 5 rings (SSSR count). The maximum absolute atomic E-state index is 12.7. The van der Waals surface area contributed by atoms with Gasteiger partial charge in [0.15, 0.2) is 11.2 Å². The van der Waals surface area contributed by atoms with Crippen LogP contribution in [0.2, 0.25) is 0 Å². The van der Waals surface area contributed by atoms with E-state index in [9.17, 15) is 29.3 Å². The lowest BCUT2D eigenvalue weighted by Gasteiger charge is -2.21. The monoisotopic (exact) mass is 557 g/mol. The highest BCUT2D eigenvalue weighted by Crippen LogP contribution is 2.49. The Morgan fingerprint density at radius 2 is 1.82 bits per heavy atom. The third-order valence-electron chi connectivity index (χ3n) is 6.05. The van der Waals surface area contributed by atoms with Crippen LogP contribution in [0, 0.1) is 0 Å². The SMILES string of the molecule is Nc1ncn([C@H]2C[C@H](OP(=O)(O)OC[C@H]3O[C@@H](n4cnc5c(=O)[nH]c(N)nc54)C[C@@H]3O)[C@@H](CO)O2)c(=O)n1. The van der Waals surface area contributed by atoms with Gasteiger partial charge in [0.2, 0.25) is 11.9 Å². The van der Waals surface area contributed by atoms with Crippen LogP contribution < -0.4 is 22.7 Å². The predicted molar refractivity (Wildman–Crippen MR) is 124 cm³/mol. The Kier molecular flexibility index (Phi) is 7.01. The van der Waals surface area contributed by atoms with E-state index in [4.69, 9.17) is 30.0 Å². The molecule has 3 aromatic rings. The summed E-state index contributed by atoms with van der Waals surface area (Å²) in [5.41, 5.74) is 9.82. The number of aliphatic hydroxyl groups excluding tert-OH is 2. The molecule has 206 valence electrons. The number of aliphatic hydroxyl groups is 2. The van der Waals surface area contributed by atoms with Gasteiger partial charge in [-0.3, -0.25) is 28.0 Å². The number of nitrogens with zero attached hydrogens (tertiary/aromatic N) is 6. The molecule has 0 spiro atoms. The van der Waals surface area contributed by atoms with Crippen LogP contribution in [0.4, 0.5) is 11.9 Å². The van der Waals surface area contributed by atoms with Crippen molar-refractivity contribution in [3.63, 3.8) is 0 Å². The van der Waals surface area contributed by atoms with Crippen LogP contribution in [0.1, 0.15) is 25.3 Å². The van der Waals surface area contributed by atoms with Gasteiger partial charge in [-0.2, -0.15) is 9.97 Å². The summed E-state index contributed by atoms with van der Waals surface area (Å²) in [6.45, 7) is -1.13. The van der Waals surface area contributed by atoms with Crippen molar-refractivity contribution in [1.82, 2.24) is 34.1 Å². The van der Waals surface area contributed by atoms with Crippen LogP contribution in [-0.4, -0.2) is 86.8 Å². The Hall–Kier alpha value is -3.29. The Labute approximate surface area is 211 Å². The molecule has 1 unspecified atom stereocenters. The standard InChI is InChI=1S/C18H24N9O10P/c19-16-22-6-27(18(31)25-16)12-2-8(9(3-28)35-12)37-38(32,33)34-4-10-7(29)1-11(36-10)26-5-21-13-14(26)23-17(20)24-15(13)30/h5-12,28-29H,1-4H2,(H,32,33)(H2,19,25,31)(H3,20,23,24,30)/t7-,8-,9+,10+,11+,12+/m0/s1. The number of anilines is 2. The molecular weight excluding hydrogens is 533 g/mol. The molecule has 5 heterocycles. The van der Waals surface area contributed by atoms with Crippen molar-refractivity contribution < 1.29 is 38.2 Å². The summed E-state index contributed by atoms with van der Waals surface area (Å²) in [6, 6.07) is 0. The second-order valence-electron chi connectivity index (χ2n) is 8.57. The van der Waals surface area contributed by atoms with Crippen LogP contribution >= 0.6 is 7.82 Å². The fraction of sp³-hybridized carbons (Fsp3) is 0.556. The highest BCUT2D eigenvalue weighted by Gasteiger charge is 2.43. The number of phosphoric acid groups is 1. The van der Waals surface area contributed by atoms with Crippen molar-refractivity contribution in [2.75, 3.05) is 24.7 Å². The number of nitrogens with two attached hydrogens (primary N) is 2. The van der Waals surface area contributed by atoms with Gasteiger partial charge in [0.1, 0.15) is 37.1 Å². The van der Waals surface area contributed by atoms with E-state index in [-0.39, 0.29) is 35.9 Å². The molecule has 20 heteroatoms. The number of phosphoric ester groups is 1. The average Bonchev–Trinajstić information content (AvgIpc) is 3.54. The van der Waals surface area contributed by atoms with E-state index in [1.165, 1.54) is 10.9 Å². The highest BCUT2D eigenvalue weighted by molar-refractivity contribution is 7.47. The van der Waals surface area contributed by atoms with Crippen LogP contribution in [-0.2, 0) is 23.1 Å². The van der Waals surface area contributed by atoms with Gasteiger partial charge in [0.05, 0.1) is 25.6 Å². The molecule has 2 saturated heterocycles. The first-order valence-corrected chi connectivity index (χ1v) is 12.7. The van der Waals surface area contributed by atoms with Crippen molar-refractivity contribution in [2.24, 2.45) is 0 Å². The molecular formula is C18H24N9O10P. The van der Waals surface area contributed by atoms with E-state index in [0.717, 1.165) is 10.9 Å². The Bertz CT molecular complexity index is 1490. The summed E-state index contributed by atoms with van der Waals surface area (Å²) < 4.78 is 36.6. The number of hydrogen-bond donors (Lipinski definition) is 6. The van der Waals surface area contributed by atoms with E-state index in [1.54, 1.807) is 0 Å². The van der Waals surface area contributed by atoms with Gasteiger partial charge in [0, 0.05) is 12.8 Å². The summed E-state index contributed by atoms with van der Waals surface area (Å²) in [7, 11) is -4.76. The second-order valence-corrected chi connectivity index (χ2v) is 9.97. The van der Waals surface area contributed by atoms with Gasteiger partial charge < -0.3 is 36.0 Å². The molecule has 38 heavy (non-hydrogen) atoms. The first-order chi connectivity index (χ1) is 18.0. The molecule has 0 radical (unpaired) electrons. The zero-order chi connectivity index (χ0) is 27.2. The molecule has 7 atom stereocenters. The van der Waals surface area contributed by atoms with Crippen LogP contribution in [0.15, 0.2) is 22.2 Å². The molecule has 2 aliphatic rings. The van der Waals surface area contributed by atoms with Crippen molar-refractivity contribution in [3.05, 3.63) is 33.5 Å². The van der Waals surface area contributed by atoms with Crippen molar-refractivity contribution in [3.8, 4) is 0 Å². The quantitative estimate of drug-likeness (QED) is 0.154. The van der Waals surface area contributed by atoms with Crippen LogP contribution in [0.5, 0.6) is 0 Å². The molecule has 0 saturated carbocycles. The summed E-state index contributed by atoms with van der Waals surface area (Å²) in [6.07, 6.45) is -3.86. The van der Waals surface area contributed by atoms with E-state index in [1.807, 2.05) is 0 Å². The van der Waals surface area contributed by atoms with E-state index in [2.05, 4.69) is 24.9 Å². The summed E-state index contributed by atoms with van der Waals surface area (Å²) in [5.74, 6) is -0.369.